The van der Waals surface area contributed by atoms with Crippen LogP contribution in [0.15, 0.2) is 122 Å². The van der Waals surface area contributed by atoms with Gasteiger partial charge in [-0.3, -0.25) is 19.0 Å². The molecule has 18 heteroatoms. The summed E-state index contributed by atoms with van der Waals surface area (Å²) < 4.78 is 15.2. The van der Waals surface area contributed by atoms with Crippen LogP contribution in [0.2, 0.25) is 0 Å². The summed E-state index contributed by atoms with van der Waals surface area (Å²) in [5, 5.41) is 41.4. The van der Waals surface area contributed by atoms with Gasteiger partial charge >= 0.3 is 12.2 Å². The number of hydrogen-bond acceptors (Lipinski definition) is 12. The molecule has 0 saturated carbocycles. The molecule has 0 unspecified atom stereocenters. The Kier molecular flexibility index (Phi) is 22.3. The van der Waals surface area contributed by atoms with Gasteiger partial charge in [-0.2, -0.15) is 10.2 Å². The monoisotopic (exact) mass is 1040 g/mol. The first kappa shape index (κ1) is 59.4. The van der Waals surface area contributed by atoms with E-state index in [1.807, 2.05) is 142 Å². The van der Waals surface area contributed by atoms with E-state index < -0.39 is 60.5 Å². The molecule has 4 heterocycles. The van der Waals surface area contributed by atoms with Gasteiger partial charge in [0.1, 0.15) is 23.8 Å². The molecule has 6 atom stereocenters. The first-order valence-corrected chi connectivity index (χ1v) is 26.1. The molecular formula is C58H78N10O8. The van der Waals surface area contributed by atoms with E-state index in [-0.39, 0.29) is 10.8 Å². The zero-order chi connectivity index (χ0) is 55.4. The third-order valence-electron chi connectivity index (χ3n) is 12.6. The maximum absolute atomic E-state index is 13.0. The molecule has 0 bridgehead atoms. The fourth-order valence-electron chi connectivity index (χ4n) is 7.73. The number of aliphatic hydroxyl groups excluding tert-OH is 2. The van der Waals surface area contributed by atoms with Crippen LogP contribution in [0.4, 0.5) is 21.2 Å². The molecule has 4 aromatic heterocycles. The zero-order valence-electron chi connectivity index (χ0n) is 45.7. The number of unbranched alkanes of at least 4 members (excludes halogenated alkanes) is 2. The van der Waals surface area contributed by atoms with Crippen molar-refractivity contribution >= 4 is 35.6 Å². The first-order chi connectivity index (χ1) is 36.1. The minimum Gasteiger partial charge on any atom is -0.444 e. The van der Waals surface area contributed by atoms with E-state index in [2.05, 4.69) is 41.4 Å². The van der Waals surface area contributed by atoms with Crippen molar-refractivity contribution in [1.82, 2.24) is 40.2 Å². The molecule has 0 spiro atoms. The zero-order valence-corrected chi connectivity index (χ0v) is 45.7. The second-order valence-corrected chi connectivity index (χ2v) is 21.2. The molecule has 0 saturated heterocycles. The number of benzene rings is 2. The van der Waals surface area contributed by atoms with Crippen molar-refractivity contribution in [2.75, 3.05) is 10.6 Å². The Morgan fingerprint density at radius 3 is 1.24 bits per heavy atom. The van der Waals surface area contributed by atoms with Crippen molar-refractivity contribution in [3.63, 3.8) is 0 Å². The number of nitrogens with one attached hydrogen (secondary N) is 4. The highest BCUT2D eigenvalue weighted by Crippen LogP contribution is 2.27. The summed E-state index contributed by atoms with van der Waals surface area (Å²) in [5.74, 6) is -0.633. The number of aliphatic hydroxyl groups is 2. The van der Waals surface area contributed by atoms with Crippen molar-refractivity contribution in [2.24, 2.45) is 10.8 Å². The lowest BCUT2D eigenvalue weighted by molar-refractivity contribution is -0.126. The topological polar surface area (TPSA) is 237 Å². The van der Waals surface area contributed by atoms with E-state index in [1.54, 1.807) is 58.2 Å². The van der Waals surface area contributed by atoms with Gasteiger partial charge in [-0.05, 0) is 63.1 Å². The molecule has 0 aliphatic heterocycles. The smallest absolute Gasteiger partial charge is 0.407 e. The summed E-state index contributed by atoms with van der Waals surface area (Å²) in [6, 6.07) is 28.7. The number of anilines is 2. The quantitative estimate of drug-likeness (QED) is 0.0373. The summed E-state index contributed by atoms with van der Waals surface area (Å²) in [4.78, 5) is 59.4. The molecule has 18 nitrogen and oxygen atoms in total. The number of aryl methyl sites for hydroxylation is 2. The van der Waals surface area contributed by atoms with Gasteiger partial charge in [0, 0.05) is 46.7 Å². The Balaban J connectivity index is 0.000000281. The van der Waals surface area contributed by atoms with E-state index in [4.69, 9.17) is 9.47 Å². The maximum atomic E-state index is 13.0. The number of carbonyl (C=O) groups excluding carboxylic acids is 4. The van der Waals surface area contributed by atoms with Crippen LogP contribution in [0.3, 0.4) is 0 Å². The molecule has 408 valence electrons. The third kappa shape index (κ3) is 19.0. The summed E-state index contributed by atoms with van der Waals surface area (Å²) in [6.07, 6.45) is 5.43. The molecule has 76 heavy (non-hydrogen) atoms. The van der Waals surface area contributed by atoms with Crippen LogP contribution in [-0.2, 0) is 32.2 Å². The Labute approximate surface area is 447 Å². The first-order valence-electron chi connectivity index (χ1n) is 26.1. The predicted octanol–water partition coefficient (Wildman–Crippen LogP) is 9.91. The Morgan fingerprint density at radius 2 is 0.921 bits per heavy atom. The molecule has 0 aliphatic carbocycles. The van der Waals surface area contributed by atoms with Crippen molar-refractivity contribution in [3.05, 3.63) is 133 Å². The molecule has 0 fully saturated rings. The molecule has 6 rings (SSSR count). The highest BCUT2D eigenvalue weighted by molar-refractivity contribution is 5.94. The standard InChI is InChI=1S/2C29H39N5O4/c2*1-6-7-10-23(26(35)27(36)32-25-11-8-9-17-30-25)31-28(37)38-24(29(3,4)5)19-34-18-16-22(33-34)21-14-12-20(2)13-15-21/h2*8-9,11-18,23-24,26,35H,6-7,10,19H2,1-5H3,(H,31,37)(H,30,32,36)/t23-,24+,26+;23-,24+,26-/m00/s1. The Hall–Kier alpha value is -7.44. The average molecular weight is 1040 g/mol. The minimum atomic E-state index is -1.47. The van der Waals surface area contributed by atoms with Crippen LogP contribution < -0.4 is 21.3 Å². The number of ether oxygens (including phenoxy) is 2. The van der Waals surface area contributed by atoms with E-state index in [9.17, 15) is 29.4 Å². The van der Waals surface area contributed by atoms with E-state index >= 15 is 0 Å². The summed E-state index contributed by atoms with van der Waals surface area (Å²) in [6.45, 7) is 20.7. The van der Waals surface area contributed by atoms with Gasteiger partial charge in [0.2, 0.25) is 0 Å². The minimum absolute atomic E-state index is 0.324. The van der Waals surface area contributed by atoms with Gasteiger partial charge in [0.05, 0.1) is 36.6 Å². The average Bonchev–Trinajstić information content (AvgIpc) is 4.06. The number of carbonyl (C=O) groups is 4. The number of rotatable bonds is 22. The van der Waals surface area contributed by atoms with Crippen molar-refractivity contribution in [1.29, 1.82) is 0 Å². The Bertz CT molecular complexity index is 2530. The molecule has 0 radical (unpaired) electrons. The molecule has 6 N–H and O–H groups in total. The van der Waals surface area contributed by atoms with Gasteiger partial charge < -0.3 is 41.0 Å². The van der Waals surface area contributed by atoms with Crippen molar-refractivity contribution in [3.8, 4) is 22.5 Å². The lowest BCUT2D eigenvalue weighted by atomic mass is 9.89. The molecule has 6 aromatic rings. The predicted molar refractivity (Wildman–Crippen MR) is 295 cm³/mol. The van der Waals surface area contributed by atoms with Crippen LogP contribution in [0.5, 0.6) is 0 Å². The summed E-state index contributed by atoms with van der Waals surface area (Å²) >= 11 is 0. The normalized spacial score (nSPS) is 13.8. The fourth-order valence-corrected chi connectivity index (χ4v) is 7.73. The highest BCUT2D eigenvalue weighted by atomic mass is 16.6. The van der Waals surface area contributed by atoms with Crippen LogP contribution in [0, 0.1) is 24.7 Å². The van der Waals surface area contributed by atoms with Crippen LogP contribution in [0.1, 0.15) is 105 Å². The van der Waals surface area contributed by atoms with Crippen LogP contribution in [0.25, 0.3) is 22.5 Å². The molecule has 4 amide bonds. The third-order valence-corrected chi connectivity index (χ3v) is 12.6. The Morgan fingerprint density at radius 1 is 0.553 bits per heavy atom. The fraction of sp³-hybridized carbons (Fsp3) is 0.448. The van der Waals surface area contributed by atoms with Gasteiger partial charge in [0.15, 0.2) is 12.2 Å². The van der Waals surface area contributed by atoms with Crippen LogP contribution in [-0.4, -0.2) is 100 Å². The second kappa shape index (κ2) is 28.5. The van der Waals surface area contributed by atoms with Gasteiger partial charge in [-0.1, -0.05) is 153 Å². The largest absolute Gasteiger partial charge is 0.444 e. The summed E-state index contributed by atoms with van der Waals surface area (Å²) in [7, 11) is 0. The SMILES string of the molecule is CCCC[C@H](NC(=O)O[C@H](Cn1ccc(-c2ccc(C)cc2)n1)C(C)(C)C)[C@@H](O)C(=O)Nc1ccccn1.CCCC[C@H](NC(=O)O[C@H](Cn1ccc(-c2ccc(C)cc2)n1)C(C)(C)C)[C@H](O)C(=O)Nc1ccccn1. The van der Waals surface area contributed by atoms with E-state index in [0.29, 0.717) is 37.6 Å². The summed E-state index contributed by atoms with van der Waals surface area (Å²) in [5.41, 5.74) is 5.28. The molecular weight excluding hydrogens is 965 g/mol. The van der Waals surface area contributed by atoms with Crippen molar-refractivity contribution in [2.45, 2.75) is 157 Å². The van der Waals surface area contributed by atoms with Gasteiger partial charge in [-0.15, -0.1) is 0 Å². The number of pyridine rings is 2. The van der Waals surface area contributed by atoms with E-state index in [1.165, 1.54) is 11.1 Å². The number of nitrogens with zero attached hydrogens (tertiary/aromatic N) is 6. The highest BCUT2D eigenvalue weighted by Gasteiger charge is 2.34. The maximum Gasteiger partial charge on any atom is 0.407 e. The lowest BCUT2D eigenvalue weighted by Crippen LogP contribution is -2.50. The van der Waals surface area contributed by atoms with Crippen LogP contribution >= 0.6 is 0 Å². The van der Waals surface area contributed by atoms with Gasteiger partial charge in [-0.25, -0.2) is 19.6 Å². The number of aromatic nitrogens is 6. The number of amides is 4. The second-order valence-electron chi connectivity index (χ2n) is 21.2. The van der Waals surface area contributed by atoms with Gasteiger partial charge in [0.25, 0.3) is 11.8 Å². The van der Waals surface area contributed by atoms with E-state index in [0.717, 1.165) is 48.2 Å². The molecule has 2 aromatic carbocycles. The van der Waals surface area contributed by atoms with Crippen molar-refractivity contribution < 1.29 is 38.9 Å². The number of alkyl carbamates (subject to hydrolysis) is 2. The molecule has 0 aliphatic rings. The number of hydrogen-bond donors (Lipinski definition) is 6. The lowest BCUT2D eigenvalue weighted by Gasteiger charge is -2.31.